The van der Waals surface area contributed by atoms with Gasteiger partial charge in [0.05, 0.1) is 10.4 Å². The maximum atomic E-state index is 11.0. The van der Waals surface area contributed by atoms with E-state index in [-0.39, 0.29) is 5.69 Å². The van der Waals surface area contributed by atoms with Crippen LogP contribution < -0.4 is 5.69 Å². The minimum absolute atomic E-state index is 0.331. The summed E-state index contributed by atoms with van der Waals surface area (Å²) in [5, 5.41) is 0. The summed E-state index contributed by atoms with van der Waals surface area (Å²) in [5.74, 6) is 0. The third-order valence-electron chi connectivity index (χ3n) is 1.61. The Bertz CT molecular complexity index is 502. The molecule has 0 aliphatic rings. The van der Waals surface area contributed by atoms with Gasteiger partial charge in [-0.05, 0) is 13.2 Å². The zero-order chi connectivity index (χ0) is 9.42. The summed E-state index contributed by atoms with van der Waals surface area (Å²) >= 11 is 3.12. The lowest BCUT2D eigenvalue weighted by Gasteiger charge is -1.89. The maximum Gasteiger partial charge on any atom is 0.346 e. The molecule has 0 saturated heterocycles. The summed E-state index contributed by atoms with van der Waals surface area (Å²) < 4.78 is 1.91. The first-order chi connectivity index (χ1) is 6.20. The van der Waals surface area contributed by atoms with Gasteiger partial charge in [0, 0.05) is 0 Å². The van der Waals surface area contributed by atoms with Crippen LogP contribution in [0.3, 0.4) is 0 Å². The number of nitrogens with one attached hydrogen (secondary N) is 1. The first kappa shape index (κ1) is 8.71. The lowest BCUT2D eigenvalue weighted by atomic mass is 10.4. The lowest BCUT2D eigenvalue weighted by molar-refractivity contribution is 1.06. The average Bonchev–Trinajstić information content (AvgIpc) is 2.47. The first-order valence-electron chi connectivity index (χ1n) is 3.62. The molecule has 2 rings (SSSR count). The van der Waals surface area contributed by atoms with Crippen LogP contribution in [0, 0.1) is 6.92 Å². The third-order valence-corrected chi connectivity index (χ3v) is 3.75. The highest BCUT2D eigenvalue weighted by atomic mass is 32.2. The van der Waals surface area contributed by atoms with Crippen molar-refractivity contribution in [3.63, 3.8) is 0 Å². The Labute approximate surface area is 82.4 Å². The quantitative estimate of drug-likeness (QED) is 0.728. The monoisotopic (exact) mass is 213 g/mol. The van der Waals surface area contributed by atoms with E-state index >= 15 is 0 Å². The molecule has 13 heavy (non-hydrogen) atoms. The molecule has 0 bridgehead atoms. The standard InChI is InChI=1S/C7H7N3OS2/c1-3-4-5(9-6(11)8-3)10-7(12-2)13-4/h1-2H3,(H,8,9,11). The largest absolute Gasteiger partial charge is 0.346 e. The van der Waals surface area contributed by atoms with E-state index < -0.39 is 0 Å². The van der Waals surface area contributed by atoms with Crippen molar-refractivity contribution in [2.45, 2.75) is 11.3 Å². The number of nitrogens with zero attached hydrogens (tertiary/aromatic N) is 2. The number of thioether (sulfide) groups is 1. The third kappa shape index (κ3) is 1.47. The van der Waals surface area contributed by atoms with Crippen LogP contribution in [0.4, 0.5) is 0 Å². The molecule has 2 aromatic heterocycles. The van der Waals surface area contributed by atoms with Gasteiger partial charge in [-0.3, -0.25) is 4.98 Å². The van der Waals surface area contributed by atoms with Gasteiger partial charge in [0.2, 0.25) is 0 Å². The molecule has 1 N–H and O–H groups in total. The van der Waals surface area contributed by atoms with Gasteiger partial charge in [-0.15, -0.1) is 11.3 Å². The van der Waals surface area contributed by atoms with E-state index in [0.717, 1.165) is 14.7 Å². The highest BCUT2D eigenvalue weighted by Crippen LogP contribution is 2.27. The van der Waals surface area contributed by atoms with Gasteiger partial charge in [-0.1, -0.05) is 11.8 Å². The predicted molar refractivity (Wildman–Crippen MR) is 54.6 cm³/mol. The highest BCUT2D eigenvalue weighted by molar-refractivity contribution is 8.00. The number of aromatic amines is 1. The molecule has 0 spiro atoms. The fraction of sp³-hybridized carbons (Fsp3) is 0.286. The summed E-state index contributed by atoms with van der Waals surface area (Å²) in [7, 11) is 0. The molecule has 2 heterocycles. The number of thiazole rings is 1. The molecule has 0 saturated carbocycles. The zero-order valence-electron chi connectivity index (χ0n) is 7.12. The molecule has 4 nitrogen and oxygen atoms in total. The second kappa shape index (κ2) is 3.12. The summed E-state index contributed by atoms with van der Waals surface area (Å²) in [6, 6.07) is 0. The van der Waals surface area contributed by atoms with Gasteiger partial charge in [0.25, 0.3) is 0 Å². The second-order valence-electron chi connectivity index (χ2n) is 2.49. The van der Waals surface area contributed by atoms with Crippen molar-refractivity contribution in [3.8, 4) is 0 Å². The van der Waals surface area contributed by atoms with Crippen LogP contribution in [-0.2, 0) is 0 Å². The Morgan fingerprint density at radius 2 is 2.23 bits per heavy atom. The highest BCUT2D eigenvalue weighted by Gasteiger charge is 2.07. The number of H-pyrrole nitrogens is 1. The van der Waals surface area contributed by atoms with Gasteiger partial charge < -0.3 is 0 Å². The minimum Gasteiger partial charge on any atom is -0.289 e. The molecule has 0 unspecified atom stereocenters. The van der Waals surface area contributed by atoms with Crippen molar-refractivity contribution in [1.82, 2.24) is 15.0 Å². The van der Waals surface area contributed by atoms with Gasteiger partial charge in [-0.2, -0.15) is 4.98 Å². The number of rotatable bonds is 1. The van der Waals surface area contributed by atoms with Crippen molar-refractivity contribution in [2.24, 2.45) is 0 Å². The molecular weight excluding hydrogens is 206 g/mol. The van der Waals surface area contributed by atoms with E-state index in [1.165, 1.54) is 0 Å². The average molecular weight is 213 g/mol. The van der Waals surface area contributed by atoms with E-state index in [0.29, 0.717) is 5.65 Å². The number of hydrogen-bond donors (Lipinski definition) is 1. The summed E-state index contributed by atoms with van der Waals surface area (Å²) in [5.41, 5.74) is 1.06. The van der Waals surface area contributed by atoms with Gasteiger partial charge in [0.1, 0.15) is 0 Å². The van der Waals surface area contributed by atoms with E-state index in [9.17, 15) is 4.79 Å². The van der Waals surface area contributed by atoms with Crippen molar-refractivity contribution in [3.05, 3.63) is 16.2 Å². The van der Waals surface area contributed by atoms with Crippen LogP contribution in [0.2, 0.25) is 0 Å². The number of hydrogen-bond acceptors (Lipinski definition) is 5. The minimum atomic E-state index is -0.331. The Balaban J connectivity index is 2.83. The van der Waals surface area contributed by atoms with Gasteiger partial charge in [0.15, 0.2) is 9.99 Å². The predicted octanol–water partition coefficient (Wildman–Crippen LogP) is 1.41. The molecule has 0 aliphatic heterocycles. The van der Waals surface area contributed by atoms with E-state index in [4.69, 9.17) is 0 Å². The van der Waals surface area contributed by atoms with Crippen molar-refractivity contribution >= 4 is 33.4 Å². The SMILES string of the molecule is CSc1nc2[nH]c(=O)nc(C)c2s1. The first-order valence-corrected chi connectivity index (χ1v) is 5.66. The van der Waals surface area contributed by atoms with E-state index in [1.54, 1.807) is 23.1 Å². The van der Waals surface area contributed by atoms with Crippen LogP contribution in [0.15, 0.2) is 9.13 Å². The van der Waals surface area contributed by atoms with E-state index in [1.807, 2.05) is 13.2 Å². The molecule has 68 valence electrons. The molecule has 0 amide bonds. The fourth-order valence-corrected chi connectivity index (χ4v) is 2.51. The fourth-order valence-electron chi connectivity index (χ4n) is 1.05. The van der Waals surface area contributed by atoms with Gasteiger partial charge >= 0.3 is 5.69 Å². The Hall–Kier alpha value is -0.880. The summed E-state index contributed by atoms with van der Waals surface area (Å²) in [6.07, 6.45) is 1.96. The van der Waals surface area contributed by atoms with E-state index in [2.05, 4.69) is 15.0 Å². The van der Waals surface area contributed by atoms with Crippen LogP contribution in [-0.4, -0.2) is 21.2 Å². The maximum absolute atomic E-state index is 11.0. The summed E-state index contributed by atoms with van der Waals surface area (Å²) in [6.45, 7) is 1.82. The Kier molecular flexibility index (Phi) is 2.09. The number of aromatic nitrogens is 3. The van der Waals surface area contributed by atoms with Crippen molar-refractivity contribution in [2.75, 3.05) is 6.26 Å². The second-order valence-corrected chi connectivity index (χ2v) is 4.54. The lowest BCUT2D eigenvalue weighted by Crippen LogP contribution is -2.10. The van der Waals surface area contributed by atoms with Gasteiger partial charge in [-0.25, -0.2) is 9.78 Å². The van der Waals surface area contributed by atoms with Crippen LogP contribution in [0.5, 0.6) is 0 Å². The summed E-state index contributed by atoms with van der Waals surface area (Å²) in [4.78, 5) is 21.6. The molecule has 2 aromatic rings. The Morgan fingerprint density at radius 3 is 2.92 bits per heavy atom. The molecule has 0 aromatic carbocycles. The van der Waals surface area contributed by atoms with Crippen LogP contribution >= 0.6 is 23.1 Å². The normalized spacial score (nSPS) is 10.9. The molecule has 0 aliphatic carbocycles. The molecule has 6 heteroatoms. The Morgan fingerprint density at radius 1 is 1.46 bits per heavy atom. The molecule has 0 radical (unpaired) electrons. The molecule has 0 fully saturated rings. The number of aryl methyl sites for hydroxylation is 1. The van der Waals surface area contributed by atoms with Crippen LogP contribution in [0.25, 0.3) is 10.3 Å². The smallest absolute Gasteiger partial charge is 0.289 e. The van der Waals surface area contributed by atoms with Crippen molar-refractivity contribution < 1.29 is 0 Å². The topological polar surface area (TPSA) is 58.6 Å². The molecular formula is C7H7N3OS2. The van der Waals surface area contributed by atoms with Crippen molar-refractivity contribution in [1.29, 1.82) is 0 Å². The van der Waals surface area contributed by atoms with Crippen LogP contribution in [0.1, 0.15) is 5.69 Å². The zero-order valence-corrected chi connectivity index (χ0v) is 8.75. The number of fused-ring (bicyclic) bond motifs is 1. The molecule has 0 atom stereocenters.